The number of rotatable bonds is 4. The molecule has 0 heterocycles. The van der Waals surface area contributed by atoms with Gasteiger partial charge in [-0.1, -0.05) is 23.8 Å². The van der Waals surface area contributed by atoms with Gasteiger partial charge in [0.15, 0.2) is 0 Å². The summed E-state index contributed by atoms with van der Waals surface area (Å²) in [5, 5.41) is 20.0. The van der Waals surface area contributed by atoms with Crippen molar-refractivity contribution in [3.8, 4) is 11.5 Å². The Morgan fingerprint density at radius 2 is 1.85 bits per heavy atom. The molecule has 102 valence electrons. The highest BCUT2D eigenvalue weighted by molar-refractivity contribution is 5.93. The number of carboxylic acids is 1. The maximum atomic E-state index is 11.1. The number of aryl methyl sites for hydroxylation is 1. The zero-order valence-corrected chi connectivity index (χ0v) is 10.6. The van der Waals surface area contributed by atoms with Gasteiger partial charge in [0, 0.05) is 0 Å². The first kappa shape index (κ1) is 13.5. The van der Waals surface area contributed by atoms with E-state index in [-0.39, 0.29) is 5.75 Å². The standard InChI is InChI=1S/C14H11NO5/c1-9-5-7-10(8-6-9)20-12-4-2-3-11(14(16)17)13(12)15(18)19/h2-8H,1H3,(H,16,17). The lowest BCUT2D eigenvalue weighted by molar-refractivity contribution is -0.386. The average molecular weight is 273 g/mol. The summed E-state index contributed by atoms with van der Waals surface area (Å²) in [5.41, 5.74) is 0.0614. The molecule has 0 fully saturated rings. The van der Waals surface area contributed by atoms with Gasteiger partial charge in [-0.25, -0.2) is 4.79 Å². The number of hydrogen-bond acceptors (Lipinski definition) is 4. The number of ether oxygens (including phenoxy) is 1. The highest BCUT2D eigenvalue weighted by Gasteiger charge is 2.25. The van der Waals surface area contributed by atoms with Gasteiger partial charge in [-0.2, -0.15) is 0 Å². The average Bonchev–Trinajstić information content (AvgIpc) is 2.40. The van der Waals surface area contributed by atoms with Gasteiger partial charge in [-0.15, -0.1) is 0 Å². The summed E-state index contributed by atoms with van der Waals surface area (Å²) >= 11 is 0. The largest absolute Gasteiger partial charge is 0.477 e. The predicted octanol–water partition coefficient (Wildman–Crippen LogP) is 3.39. The molecule has 6 heteroatoms. The number of nitro groups is 1. The molecule has 1 N–H and O–H groups in total. The number of hydrogen-bond donors (Lipinski definition) is 1. The molecular formula is C14H11NO5. The molecule has 2 rings (SSSR count). The fraction of sp³-hybridized carbons (Fsp3) is 0.0714. The molecule has 0 aliphatic carbocycles. The lowest BCUT2D eigenvalue weighted by atomic mass is 10.1. The highest BCUT2D eigenvalue weighted by Crippen LogP contribution is 2.34. The molecular weight excluding hydrogens is 262 g/mol. The van der Waals surface area contributed by atoms with Crippen LogP contribution in [0.4, 0.5) is 5.69 Å². The molecule has 0 atom stereocenters. The van der Waals surface area contributed by atoms with E-state index in [4.69, 9.17) is 9.84 Å². The van der Waals surface area contributed by atoms with Crippen molar-refractivity contribution in [2.24, 2.45) is 0 Å². The second-order valence-electron chi connectivity index (χ2n) is 4.13. The molecule has 0 saturated heterocycles. The van der Waals surface area contributed by atoms with Gasteiger partial charge < -0.3 is 9.84 Å². The van der Waals surface area contributed by atoms with Crippen molar-refractivity contribution in [2.45, 2.75) is 6.92 Å². The summed E-state index contributed by atoms with van der Waals surface area (Å²) in [6.45, 7) is 1.90. The summed E-state index contributed by atoms with van der Waals surface area (Å²) in [7, 11) is 0. The molecule has 6 nitrogen and oxygen atoms in total. The Bertz CT molecular complexity index is 664. The normalized spacial score (nSPS) is 10.1. The Kier molecular flexibility index (Phi) is 3.65. The summed E-state index contributed by atoms with van der Waals surface area (Å²) in [4.78, 5) is 21.3. The number of nitrogens with zero attached hydrogens (tertiary/aromatic N) is 1. The smallest absolute Gasteiger partial charge is 0.342 e. The quantitative estimate of drug-likeness (QED) is 0.681. The van der Waals surface area contributed by atoms with Gasteiger partial charge in [0.25, 0.3) is 0 Å². The first-order valence-electron chi connectivity index (χ1n) is 5.74. The monoisotopic (exact) mass is 273 g/mol. The molecule has 20 heavy (non-hydrogen) atoms. The molecule has 0 aliphatic heterocycles. The number of nitro benzene ring substituents is 1. The van der Waals surface area contributed by atoms with Gasteiger partial charge >= 0.3 is 11.7 Å². The van der Waals surface area contributed by atoms with E-state index in [1.807, 2.05) is 6.92 Å². The maximum Gasteiger partial charge on any atom is 0.342 e. The fourth-order valence-corrected chi connectivity index (χ4v) is 1.70. The van der Waals surface area contributed by atoms with Crippen molar-refractivity contribution in [1.29, 1.82) is 0 Å². The lowest BCUT2D eigenvalue weighted by Gasteiger charge is -2.08. The van der Waals surface area contributed by atoms with Crippen LogP contribution in [0.15, 0.2) is 42.5 Å². The minimum absolute atomic E-state index is 0.0984. The number of aromatic carboxylic acids is 1. The van der Waals surface area contributed by atoms with Crippen LogP contribution in [0.2, 0.25) is 0 Å². The number of para-hydroxylation sites is 1. The van der Waals surface area contributed by atoms with Crippen molar-refractivity contribution < 1.29 is 19.6 Å². The Morgan fingerprint density at radius 1 is 1.20 bits per heavy atom. The zero-order chi connectivity index (χ0) is 14.7. The Balaban J connectivity index is 2.46. The van der Waals surface area contributed by atoms with E-state index in [0.717, 1.165) is 5.56 Å². The van der Waals surface area contributed by atoms with E-state index < -0.39 is 22.1 Å². The van der Waals surface area contributed by atoms with Crippen molar-refractivity contribution in [3.63, 3.8) is 0 Å². The van der Waals surface area contributed by atoms with E-state index in [9.17, 15) is 14.9 Å². The van der Waals surface area contributed by atoms with Crippen LogP contribution in [0.3, 0.4) is 0 Å². The topological polar surface area (TPSA) is 89.7 Å². The van der Waals surface area contributed by atoms with Crippen LogP contribution in [-0.4, -0.2) is 16.0 Å². The second kappa shape index (κ2) is 5.40. The molecule has 0 saturated carbocycles. The minimum atomic E-state index is -1.37. The third-order valence-electron chi connectivity index (χ3n) is 2.66. The summed E-state index contributed by atoms with van der Waals surface area (Å²) < 4.78 is 5.41. The second-order valence-corrected chi connectivity index (χ2v) is 4.13. The van der Waals surface area contributed by atoms with Crippen molar-refractivity contribution in [2.75, 3.05) is 0 Å². The highest BCUT2D eigenvalue weighted by atomic mass is 16.6. The fourth-order valence-electron chi connectivity index (χ4n) is 1.70. The third kappa shape index (κ3) is 2.74. The number of carboxylic acid groups (broad SMARTS) is 1. The predicted molar refractivity (Wildman–Crippen MR) is 71.3 cm³/mol. The van der Waals surface area contributed by atoms with Crippen molar-refractivity contribution in [1.82, 2.24) is 0 Å². The molecule has 0 amide bonds. The molecule has 2 aromatic rings. The lowest BCUT2D eigenvalue weighted by Crippen LogP contribution is -2.04. The SMILES string of the molecule is Cc1ccc(Oc2cccc(C(=O)O)c2[N+](=O)[O-])cc1. The minimum Gasteiger partial charge on any atom is -0.477 e. The van der Waals surface area contributed by atoms with Gasteiger partial charge in [-0.3, -0.25) is 10.1 Å². The first-order valence-corrected chi connectivity index (χ1v) is 5.74. The molecule has 0 aliphatic rings. The van der Waals surface area contributed by atoms with Crippen LogP contribution in [0, 0.1) is 17.0 Å². The Morgan fingerprint density at radius 3 is 2.40 bits per heavy atom. The van der Waals surface area contributed by atoms with Crippen LogP contribution < -0.4 is 4.74 Å². The van der Waals surface area contributed by atoms with Gasteiger partial charge in [0.1, 0.15) is 11.3 Å². The molecule has 2 aromatic carbocycles. The summed E-state index contributed by atoms with van der Waals surface area (Å²) in [6.07, 6.45) is 0. The van der Waals surface area contributed by atoms with Crippen molar-refractivity contribution >= 4 is 11.7 Å². The van der Waals surface area contributed by atoms with Crippen molar-refractivity contribution in [3.05, 3.63) is 63.7 Å². The summed E-state index contributed by atoms with van der Waals surface area (Å²) in [6, 6.07) is 10.8. The zero-order valence-electron chi connectivity index (χ0n) is 10.6. The number of benzene rings is 2. The summed E-state index contributed by atoms with van der Waals surface area (Å²) in [5.74, 6) is -1.06. The van der Waals surface area contributed by atoms with Gasteiger partial charge in [0.05, 0.1) is 4.92 Å². The van der Waals surface area contributed by atoms with E-state index in [0.29, 0.717) is 5.75 Å². The van der Waals surface area contributed by atoms with Crippen LogP contribution in [0.25, 0.3) is 0 Å². The van der Waals surface area contributed by atoms with Crippen LogP contribution >= 0.6 is 0 Å². The van der Waals surface area contributed by atoms with E-state index in [2.05, 4.69) is 0 Å². The molecule has 0 spiro atoms. The van der Waals surface area contributed by atoms with Crippen LogP contribution in [0.1, 0.15) is 15.9 Å². The molecule has 0 unspecified atom stereocenters. The Labute approximate surface area is 114 Å². The van der Waals surface area contributed by atoms with E-state index >= 15 is 0 Å². The van der Waals surface area contributed by atoms with E-state index in [1.165, 1.54) is 18.2 Å². The Hall–Kier alpha value is -2.89. The third-order valence-corrected chi connectivity index (χ3v) is 2.66. The molecule has 0 aromatic heterocycles. The van der Waals surface area contributed by atoms with Crippen LogP contribution in [-0.2, 0) is 0 Å². The van der Waals surface area contributed by atoms with Crippen LogP contribution in [0.5, 0.6) is 11.5 Å². The first-order chi connectivity index (χ1) is 9.49. The molecule has 0 bridgehead atoms. The maximum absolute atomic E-state index is 11.1. The van der Waals surface area contributed by atoms with E-state index in [1.54, 1.807) is 24.3 Å². The van der Waals surface area contributed by atoms with Gasteiger partial charge in [0.2, 0.25) is 5.75 Å². The number of carbonyl (C=O) groups is 1. The van der Waals surface area contributed by atoms with Gasteiger partial charge in [-0.05, 0) is 31.2 Å². The molecule has 0 radical (unpaired) electrons.